The van der Waals surface area contributed by atoms with Crippen molar-refractivity contribution in [3.8, 4) is 0 Å². The predicted molar refractivity (Wildman–Crippen MR) is 93.6 cm³/mol. The fraction of sp³-hybridized carbons (Fsp3) is 0.0526. The quantitative estimate of drug-likeness (QED) is 0.547. The highest BCUT2D eigenvalue weighted by molar-refractivity contribution is 9.10. The number of para-hydroxylation sites is 1. The molecule has 0 atom stereocenters. The SMILES string of the molecule is Cc1cccc(N(c2ccccc2)c2ccc(Br)cc2)c1. The summed E-state index contributed by atoms with van der Waals surface area (Å²) in [6.45, 7) is 2.12. The van der Waals surface area contributed by atoms with Crippen LogP contribution in [0.5, 0.6) is 0 Å². The Kier molecular flexibility index (Phi) is 4.07. The van der Waals surface area contributed by atoms with Gasteiger partial charge in [0.2, 0.25) is 0 Å². The molecule has 21 heavy (non-hydrogen) atoms. The van der Waals surface area contributed by atoms with Crippen LogP contribution < -0.4 is 4.90 Å². The van der Waals surface area contributed by atoms with Crippen LogP contribution in [0.25, 0.3) is 0 Å². The zero-order valence-corrected chi connectivity index (χ0v) is 13.4. The number of halogens is 1. The molecule has 0 spiro atoms. The first-order chi connectivity index (χ1) is 10.2. The van der Waals surface area contributed by atoms with Crippen molar-refractivity contribution in [1.82, 2.24) is 0 Å². The Bertz CT molecular complexity index is 720. The van der Waals surface area contributed by atoms with Crippen LogP contribution >= 0.6 is 15.9 Å². The lowest BCUT2D eigenvalue weighted by Crippen LogP contribution is -2.09. The van der Waals surface area contributed by atoms with Crippen molar-refractivity contribution in [3.05, 3.63) is 88.9 Å². The van der Waals surface area contributed by atoms with E-state index in [0.29, 0.717) is 0 Å². The van der Waals surface area contributed by atoms with E-state index in [-0.39, 0.29) is 0 Å². The second-order valence-electron chi connectivity index (χ2n) is 4.99. The Morgan fingerprint density at radius 1 is 0.667 bits per heavy atom. The third-order valence-corrected chi connectivity index (χ3v) is 3.89. The molecule has 3 aromatic carbocycles. The summed E-state index contributed by atoms with van der Waals surface area (Å²) in [5.74, 6) is 0. The van der Waals surface area contributed by atoms with E-state index in [1.54, 1.807) is 0 Å². The van der Waals surface area contributed by atoms with Gasteiger partial charge in [-0.1, -0.05) is 46.3 Å². The van der Waals surface area contributed by atoms with Crippen molar-refractivity contribution < 1.29 is 0 Å². The molecule has 0 aromatic heterocycles. The molecular weight excluding hydrogens is 322 g/mol. The van der Waals surface area contributed by atoms with E-state index < -0.39 is 0 Å². The predicted octanol–water partition coefficient (Wildman–Crippen LogP) is 6.23. The maximum Gasteiger partial charge on any atom is 0.0464 e. The molecule has 3 rings (SSSR count). The van der Waals surface area contributed by atoms with E-state index >= 15 is 0 Å². The number of aryl methyl sites for hydroxylation is 1. The van der Waals surface area contributed by atoms with Gasteiger partial charge in [-0.05, 0) is 61.0 Å². The van der Waals surface area contributed by atoms with Gasteiger partial charge >= 0.3 is 0 Å². The average Bonchev–Trinajstić information content (AvgIpc) is 2.51. The Morgan fingerprint density at radius 2 is 1.29 bits per heavy atom. The van der Waals surface area contributed by atoms with Crippen molar-refractivity contribution in [2.45, 2.75) is 6.92 Å². The smallest absolute Gasteiger partial charge is 0.0464 e. The van der Waals surface area contributed by atoms with E-state index in [2.05, 4.69) is 101 Å². The highest BCUT2D eigenvalue weighted by Gasteiger charge is 2.11. The van der Waals surface area contributed by atoms with Crippen molar-refractivity contribution in [1.29, 1.82) is 0 Å². The summed E-state index contributed by atoms with van der Waals surface area (Å²) in [5.41, 5.74) is 4.73. The zero-order chi connectivity index (χ0) is 14.7. The van der Waals surface area contributed by atoms with Crippen LogP contribution in [-0.4, -0.2) is 0 Å². The summed E-state index contributed by atoms with van der Waals surface area (Å²) >= 11 is 3.50. The molecule has 0 saturated carbocycles. The molecule has 0 amide bonds. The second kappa shape index (κ2) is 6.15. The highest BCUT2D eigenvalue weighted by Crippen LogP contribution is 2.34. The van der Waals surface area contributed by atoms with Gasteiger partial charge in [-0.25, -0.2) is 0 Å². The van der Waals surface area contributed by atoms with Crippen molar-refractivity contribution in [2.75, 3.05) is 4.90 Å². The van der Waals surface area contributed by atoms with Crippen molar-refractivity contribution in [3.63, 3.8) is 0 Å². The molecule has 1 nitrogen and oxygen atoms in total. The lowest BCUT2D eigenvalue weighted by molar-refractivity contribution is 1.27. The minimum absolute atomic E-state index is 1.09. The van der Waals surface area contributed by atoms with Gasteiger partial charge in [0.15, 0.2) is 0 Å². The van der Waals surface area contributed by atoms with Crippen LogP contribution in [-0.2, 0) is 0 Å². The number of hydrogen-bond acceptors (Lipinski definition) is 1. The number of hydrogen-bond donors (Lipinski definition) is 0. The minimum atomic E-state index is 1.09. The van der Waals surface area contributed by atoms with Gasteiger partial charge in [0, 0.05) is 21.5 Å². The third kappa shape index (κ3) is 3.17. The fourth-order valence-electron chi connectivity index (χ4n) is 2.38. The van der Waals surface area contributed by atoms with Gasteiger partial charge in [-0.15, -0.1) is 0 Å². The van der Waals surface area contributed by atoms with Crippen molar-refractivity contribution in [2.24, 2.45) is 0 Å². The number of nitrogens with zero attached hydrogens (tertiary/aromatic N) is 1. The first-order valence-corrected chi connectivity index (χ1v) is 7.71. The molecule has 0 aliphatic heterocycles. The monoisotopic (exact) mass is 337 g/mol. The van der Waals surface area contributed by atoms with Crippen LogP contribution in [0.2, 0.25) is 0 Å². The molecule has 3 aromatic rings. The molecule has 0 fully saturated rings. The average molecular weight is 338 g/mol. The van der Waals surface area contributed by atoms with Gasteiger partial charge in [0.25, 0.3) is 0 Å². The van der Waals surface area contributed by atoms with E-state index in [4.69, 9.17) is 0 Å². The van der Waals surface area contributed by atoms with Crippen LogP contribution in [0.1, 0.15) is 5.56 Å². The lowest BCUT2D eigenvalue weighted by atomic mass is 10.1. The van der Waals surface area contributed by atoms with E-state index in [1.165, 1.54) is 11.3 Å². The highest BCUT2D eigenvalue weighted by atomic mass is 79.9. The summed E-state index contributed by atoms with van der Waals surface area (Å²) in [4.78, 5) is 2.26. The molecule has 0 bridgehead atoms. The van der Waals surface area contributed by atoms with E-state index in [1.807, 2.05) is 6.07 Å². The van der Waals surface area contributed by atoms with Crippen LogP contribution in [0.15, 0.2) is 83.3 Å². The number of anilines is 3. The van der Waals surface area contributed by atoms with Gasteiger partial charge < -0.3 is 4.90 Å². The maximum absolute atomic E-state index is 3.50. The fourth-order valence-corrected chi connectivity index (χ4v) is 2.65. The molecule has 2 heteroatoms. The largest absolute Gasteiger partial charge is 0.310 e. The Hall–Kier alpha value is -2.06. The molecule has 0 aliphatic rings. The lowest BCUT2D eigenvalue weighted by Gasteiger charge is -2.25. The number of benzene rings is 3. The molecular formula is C19H16BrN. The molecule has 0 radical (unpaired) electrons. The molecule has 0 saturated heterocycles. The summed E-state index contributed by atoms with van der Waals surface area (Å²) in [5, 5.41) is 0. The normalized spacial score (nSPS) is 10.4. The van der Waals surface area contributed by atoms with Crippen molar-refractivity contribution >= 4 is 33.0 Å². The molecule has 104 valence electrons. The summed E-state index contributed by atoms with van der Waals surface area (Å²) in [7, 11) is 0. The van der Waals surface area contributed by atoms with Gasteiger partial charge in [0.1, 0.15) is 0 Å². The van der Waals surface area contributed by atoms with Gasteiger partial charge in [-0.2, -0.15) is 0 Å². The summed E-state index contributed by atoms with van der Waals surface area (Å²) in [6.07, 6.45) is 0. The van der Waals surface area contributed by atoms with Gasteiger partial charge in [-0.3, -0.25) is 0 Å². The van der Waals surface area contributed by atoms with Crippen LogP contribution in [0.3, 0.4) is 0 Å². The summed E-state index contributed by atoms with van der Waals surface area (Å²) < 4.78 is 1.09. The zero-order valence-electron chi connectivity index (χ0n) is 11.8. The van der Waals surface area contributed by atoms with E-state index in [9.17, 15) is 0 Å². The van der Waals surface area contributed by atoms with Crippen LogP contribution in [0, 0.1) is 6.92 Å². The Morgan fingerprint density at radius 3 is 1.95 bits per heavy atom. The molecule has 0 unspecified atom stereocenters. The molecule has 0 N–H and O–H groups in total. The topological polar surface area (TPSA) is 3.24 Å². The second-order valence-corrected chi connectivity index (χ2v) is 5.90. The number of rotatable bonds is 3. The molecule has 0 aliphatic carbocycles. The maximum atomic E-state index is 3.50. The Labute approximate surface area is 134 Å². The summed E-state index contributed by atoms with van der Waals surface area (Å²) in [6, 6.07) is 27.4. The van der Waals surface area contributed by atoms with Gasteiger partial charge in [0.05, 0.1) is 0 Å². The first kappa shape index (κ1) is 13.9. The van der Waals surface area contributed by atoms with E-state index in [0.717, 1.165) is 15.8 Å². The molecule has 0 heterocycles. The minimum Gasteiger partial charge on any atom is -0.310 e. The first-order valence-electron chi connectivity index (χ1n) is 6.91. The standard InChI is InChI=1S/C19H16BrN/c1-15-6-5-9-19(14-15)21(17-7-3-2-4-8-17)18-12-10-16(20)11-13-18/h2-14H,1H3. The van der Waals surface area contributed by atoms with Crippen LogP contribution in [0.4, 0.5) is 17.1 Å². The third-order valence-electron chi connectivity index (χ3n) is 3.36. The Balaban J connectivity index is 2.13.